The zero-order valence-electron chi connectivity index (χ0n) is 16.7. The van der Waals surface area contributed by atoms with E-state index >= 15 is 0 Å². The molecule has 0 N–H and O–H groups in total. The lowest BCUT2D eigenvalue weighted by Crippen LogP contribution is -2.49. The summed E-state index contributed by atoms with van der Waals surface area (Å²) in [4.78, 5) is 17.2. The summed E-state index contributed by atoms with van der Waals surface area (Å²) in [5.74, 6) is 0.215. The van der Waals surface area contributed by atoms with Crippen LogP contribution in [0.4, 0.5) is 4.39 Å². The van der Waals surface area contributed by atoms with E-state index in [1.54, 1.807) is 0 Å². The second-order valence-corrected chi connectivity index (χ2v) is 7.82. The number of rotatable bonds is 7. The Hall–Kier alpha value is -2.24. The number of hydrogen-bond donors (Lipinski definition) is 0. The maximum atomic E-state index is 13.1. The Balaban J connectivity index is 1.63. The van der Waals surface area contributed by atoms with Crippen molar-refractivity contribution in [2.24, 2.45) is 5.92 Å². The first-order valence-corrected chi connectivity index (χ1v) is 9.94. The van der Waals surface area contributed by atoms with Crippen molar-refractivity contribution in [3.63, 3.8) is 0 Å². The molecule has 5 heteroatoms. The van der Waals surface area contributed by atoms with Gasteiger partial charge in [0.15, 0.2) is 0 Å². The molecule has 0 unspecified atom stereocenters. The van der Waals surface area contributed by atoms with Crippen molar-refractivity contribution >= 4 is 5.91 Å². The molecular weight excluding hydrogens is 355 g/mol. The van der Waals surface area contributed by atoms with Gasteiger partial charge in [-0.1, -0.05) is 44.2 Å². The minimum Gasteiger partial charge on any atom is -0.374 e. The number of ether oxygens (including phenoxy) is 1. The van der Waals surface area contributed by atoms with Crippen molar-refractivity contribution < 1.29 is 13.9 Å². The average Bonchev–Trinajstić information content (AvgIpc) is 2.69. The predicted octanol–water partition coefficient (Wildman–Crippen LogP) is 3.82. The van der Waals surface area contributed by atoms with Gasteiger partial charge in [-0.05, 0) is 35.7 Å². The third-order valence-corrected chi connectivity index (χ3v) is 4.86. The summed E-state index contributed by atoms with van der Waals surface area (Å²) in [6, 6.07) is 16.1. The van der Waals surface area contributed by atoms with E-state index in [-0.39, 0.29) is 17.8 Å². The Labute approximate surface area is 166 Å². The lowest BCUT2D eigenvalue weighted by molar-refractivity contribution is -0.0438. The van der Waals surface area contributed by atoms with Crippen LogP contribution in [-0.2, 0) is 11.3 Å². The Morgan fingerprint density at radius 1 is 1.18 bits per heavy atom. The van der Waals surface area contributed by atoms with Gasteiger partial charge in [-0.2, -0.15) is 0 Å². The van der Waals surface area contributed by atoms with Gasteiger partial charge in [0.2, 0.25) is 0 Å². The normalized spacial score (nSPS) is 17.6. The molecule has 2 aromatic rings. The fourth-order valence-corrected chi connectivity index (χ4v) is 3.57. The Kier molecular flexibility index (Phi) is 7.18. The van der Waals surface area contributed by atoms with Crippen molar-refractivity contribution in [1.82, 2.24) is 9.80 Å². The van der Waals surface area contributed by atoms with Crippen LogP contribution in [0.2, 0.25) is 0 Å². The molecule has 0 radical (unpaired) electrons. The lowest BCUT2D eigenvalue weighted by atomic mass is 10.1. The Morgan fingerprint density at radius 2 is 1.89 bits per heavy atom. The van der Waals surface area contributed by atoms with Crippen molar-refractivity contribution in [1.29, 1.82) is 0 Å². The maximum Gasteiger partial charge on any atom is 0.253 e. The second kappa shape index (κ2) is 9.80. The van der Waals surface area contributed by atoms with Crippen molar-refractivity contribution in [2.45, 2.75) is 26.5 Å². The zero-order chi connectivity index (χ0) is 19.9. The van der Waals surface area contributed by atoms with Crippen molar-refractivity contribution in [3.8, 4) is 0 Å². The summed E-state index contributed by atoms with van der Waals surface area (Å²) < 4.78 is 19.1. The molecule has 1 atom stereocenters. The molecule has 1 amide bonds. The highest BCUT2D eigenvalue weighted by atomic mass is 19.1. The molecular formula is C23H29FN2O2. The average molecular weight is 384 g/mol. The van der Waals surface area contributed by atoms with E-state index in [9.17, 15) is 9.18 Å². The van der Waals surface area contributed by atoms with Gasteiger partial charge in [-0.25, -0.2) is 4.39 Å². The first-order valence-electron chi connectivity index (χ1n) is 9.94. The fourth-order valence-electron chi connectivity index (χ4n) is 3.57. The molecule has 0 aliphatic carbocycles. The van der Waals surface area contributed by atoms with Gasteiger partial charge in [0.25, 0.3) is 5.91 Å². The van der Waals surface area contributed by atoms with Crippen LogP contribution in [0.25, 0.3) is 0 Å². The summed E-state index contributed by atoms with van der Waals surface area (Å²) in [6.07, 6.45) is -0.0272. The van der Waals surface area contributed by atoms with E-state index in [0.29, 0.717) is 31.2 Å². The molecule has 1 fully saturated rings. The van der Waals surface area contributed by atoms with E-state index in [1.165, 1.54) is 12.1 Å². The van der Waals surface area contributed by atoms with E-state index < -0.39 is 0 Å². The van der Waals surface area contributed by atoms with Gasteiger partial charge in [-0.3, -0.25) is 9.69 Å². The molecule has 1 heterocycles. The van der Waals surface area contributed by atoms with Crippen LogP contribution < -0.4 is 0 Å². The highest BCUT2D eigenvalue weighted by Gasteiger charge is 2.26. The van der Waals surface area contributed by atoms with E-state index in [1.807, 2.05) is 47.4 Å². The van der Waals surface area contributed by atoms with Crippen LogP contribution in [0.5, 0.6) is 0 Å². The van der Waals surface area contributed by atoms with Gasteiger partial charge in [0, 0.05) is 38.3 Å². The van der Waals surface area contributed by atoms with Crippen LogP contribution in [0.15, 0.2) is 54.6 Å². The summed E-state index contributed by atoms with van der Waals surface area (Å²) in [7, 11) is 0. The first-order chi connectivity index (χ1) is 13.5. The summed E-state index contributed by atoms with van der Waals surface area (Å²) >= 11 is 0. The SMILES string of the molecule is CC(C)CN(C[C@H]1CN(Cc2ccc(F)cc2)CCO1)C(=O)c1ccccc1. The van der Waals surface area contributed by atoms with Crippen LogP contribution in [0, 0.1) is 11.7 Å². The number of morpholine rings is 1. The molecule has 1 saturated heterocycles. The van der Waals surface area contributed by atoms with Gasteiger partial charge >= 0.3 is 0 Å². The molecule has 3 rings (SSSR count). The summed E-state index contributed by atoms with van der Waals surface area (Å²) in [5.41, 5.74) is 1.79. The second-order valence-electron chi connectivity index (χ2n) is 7.82. The molecule has 1 aliphatic heterocycles. The highest BCUT2D eigenvalue weighted by molar-refractivity contribution is 5.94. The van der Waals surface area contributed by atoms with Crippen LogP contribution >= 0.6 is 0 Å². The lowest BCUT2D eigenvalue weighted by Gasteiger charge is -2.36. The molecule has 0 saturated carbocycles. The molecule has 2 aromatic carbocycles. The largest absolute Gasteiger partial charge is 0.374 e. The van der Waals surface area contributed by atoms with Gasteiger partial charge < -0.3 is 9.64 Å². The maximum absolute atomic E-state index is 13.1. The van der Waals surface area contributed by atoms with Crippen LogP contribution in [0.3, 0.4) is 0 Å². The Bertz CT molecular complexity index is 749. The monoisotopic (exact) mass is 384 g/mol. The highest BCUT2D eigenvalue weighted by Crippen LogP contribution is 2.15. The minimum atomic E-state index is -0.215. The van der Waals surface area contributed by atoms with Gasteiger partial charge in [0.1, 0.15) is 5.82 Å². The summed E-state index contributed by atoms with van der Waals surface area (Å²) in [5, 5.41) is 0. The van der Waals surface area contributed by atoms with E-state index in [2.05, 4.69) is 18.7 Å². The van der Waals surface area contributed by atoms with E-state index in [4.69, 9.17) is 4.74 Å². The first kappa shape index (κ1) is 20.5. The van der Waals surface area contributed by atoms with Gasteiger partial charge in [0.05, 0.1) is 12.7 Å². The molecule has 0 spiro atoms. The third kappa shape index (κ3) is 5.88. The van der Waals surface area contributed by atoms with E-state index in [0.717, 1.165) is 25.2 Å². The molecule has 4 nitrogen and oxygen atoms in total. The topological polar surface area (TPSA) is 32.8 Å². The fraction of sp³-hybridized carbons (Fsp3) is 0.435. The number of halogens is 1. The van der Waals surface area contributed by atoms with Gasteiger partial charge in [-0.15, -0.1) is 0 Å². The quantitative estimate of drug-likeness (QED) is 0.727. The number of hydrogen-bond acceptors (Lipinski definition) is 3. The minimum absolute atomic E-state index is 0.0272. The molecule has 0 aromatic heterocycles. The van der Waals surface area contributed by atoms with Crippen molar-refractivity contribution in [3.05, 3.63) is 71.5 Å². The number of amides is 1. The molecule has 0 bridgehead atoms. The third-order valence-electron chi connectivity index (χ3n) is 4.86. The smallest absolute Gasteiger partial charge is 0.253 e. The van der Waals surface area contributed by atoms with Crippen LogP contribution in [0.1, 0.15) is 29.8 Å². The number of carbonyl (C=O) groups excluding carboxylic acids is 1. The predicted molar refractivity (Wildman–Crippen MR) is 109 cm³/mol. The number of nitrogens with zero attached hydrogens (tertiary/aromatic N) is 2. The zero-order valence-corrected chi connectivity index (χ0v) is 16.7. The molecule has 1 aliphatic rings. The Morgan fingerprint density at radius 3 is 2.57 bits per heavy atom. The number of carbonyl (C=O) groups is 1. The standard InChI is InChI=1S/C23H29FN2O2/c1-18(2)14-26(23(27)20-6-4-3-5-7-20)17-22-16-25(12-13-28-22)15-19-8-10-21(24)11-9-19/h3-11,18,22H,12-17H2,1-2H3/t22-/m1/s1. The molecule has 28 heavy (non-hydrogen) atoms. The van der Waals surface area contributed by atoms with Crippen LogP contribution in [-0.4, -0.2) is 54.6 Å². The summed E-state index contributed by atoms with van der Waals surface area (Å²) in [6.45, 7) is 8.51. The van der Waals surface area contributed by atoms with Crippen molar-refractivity contribution in [2.75, 3.05) is 32.8 Å². The number of benzene rings is 2. The molecule has 150 valence electrons.